The molecule has 2 aliphatic heterocycles. The number of fused-ring (bicyclic) bond motifs is 2. The lowest BCUT2D eigenvalue weighted by Gasteiger charge is -2.24. The Morgan fingerprint density at radius 2 is 1.88 bits per heavy atom. The van der Waals surface area contributed by atoms with Gasteiger partial charge in [0.2, 0.25) is 17.8 Å². The molecule has 2 aromatic carbocycles. The fourth-order valence-electron chi connectivity index (χ4n) is 4.02. The molecule has 0 bridgehead atoms. The molecule has 7 nitrogen and oxygen atoms in total. The van der Waals surface area contributed by atoms with E-state index in [0.717, 1.165) is 48.2 Å². The summed E-state index contributed by atoms with van der Waals surface area (Å²) in [6.45, 7) is 2.28. The van der Waals surface area contributed by atoms with Gasteiger partial charge in [-0.1, -0.05) is 55.3 Å². The second kappa shape index (κ2) is 10.3. The number of carbonyl (C=O) groups excluding carboxylic acids is 2. The molecule has 0 radical (unpaired) electrons. The molecule has 1 saturated heterocycles. The second-order valence-electron chi connectivity index (χ2n) is 8.35. The van der Waals surface area contributed by atoms with Crippen LogP contribution in [0.3, 0.4) is 0 Å². The monoisotopic (exact) mass is 434 g/mol. The van der Waals surface area contributed by atoms with Gasteiger partial charge in [0.1, 0.15) is 18.0 Å². The highest BCUT2D eigenvalue weighted by molar-refractivity contribution is 6.06. The average Bonchev–Trinajstić information content (AvgIpc) is 3.16. The number of aliphatic imine (C=N–C) groups is 1. The lowest BCUT2D eigenvalue weighted by molar-refractivity contribution is -0.130. The van der Waals surface area contributed by atoms with Crippen LogP contribution in [0, 0.1) is 0 Å². The van der Waals surface area contributed by atoms with Gasteiger partial charge < -0.3 is 14.5 Å². The molecule has 0 spiro atoms. The summed E-state index contributed by atoms with van der Waals surface area (Å²) in [5.41, 5.74) is 3.03. The largest absolute Gasteiger partial charge is 0.491 e. The van der Waals surface area contributed by atoms with Crippen LogP contribution in [0.1, 0.15) is 43.2 Å². The molecule has 0 atom stereocenters. The van der Waals surface area contributed by atoms with Crippen LogP contribution < -0.4 is 10.1 Å². The molecule has 0 unspecified atom stereocenters. The molecule has 168 valence electrons. The van der Waals surface area contributed by atoms with Crippen molar-refractivity contribution in [2.45, 2.75) is 45.2 Å². The van der Waals surface area contributed by atoms with Crippen molar-refractivity contribution < 1.29 is 14.3 Å². The van der Waals surface area contributed by atoms with E-state index in [9.17, 15) is 9.59 Å². The summed E-state index contributed by atoms with van der Waals surface area (Å²) in [5.74, 6) is 1.53. The summed E-state index contributed by atoms with van der Waals surface area (Å²) in [7, 11) is 1.86. The summed E-state index contributed by atoms with van der Waals surface area (Å²) in [6.07, 6.45) is 4.42. The third kappa shape index (κ3) is 5.46. The minimum absolute atomic E-state index is 0.0243. The molecule has 1 fully saturated rings. The number of unbranched alkanes of at least 4 members (excludes halogenated alkanes) is 3. The number of rotatable bonds is 10. The van der Waals surface area contributed by atoms with Crippen molar-refractivity contribution in [1.82, 2.24) is 15.1 Å². The van der Waals surface area contributed by atoms with E-state index in [1.807, 2.05) is 60.5 Å². The molecule has 2 amide bonds. The summed E-state index contributed by atoms with van der Waals surface area (Å²) in [4.78, 5) is 32.3. The number of nitrogens with one attached hydrogen (secondary N) is 1. The van der Waals surface area contributed by atoms with Gasteiger partial charge in [0.25, 0.3) is 0 Å². The molecule has 7 heteroatoms. The number of ether oxygens (including phenoxy) is 1. The van der Waals surface area contributed by atoms with E-state index in [0.29, 0.717) is 38.6 Å². The SMILES string of the molecule is CN(Cc1ccccc1)C(=O)CCCCCCOc1cccc2c1N=C1NC(=O)CN1C2. The molecular formula is C25H30N4O3. The number of hydrogen-bond acceptors (Lipinski definition) is 5. The smallest absolute Gasteiger partial charge is 0.246 e. The third-order valence-corrected chi connectivity index (χ3v) is 5.78. The van der Waals surface area contributed by atoms with Crippen LogP contribution in [0.25, 0.3) is 0 Å². The van der Waals surface area contributed by atoms with Crippen LogP contribution >= 0.6 is 0 Å². The van der Waals surface area contributed by atoms with Gasteiger partial charge in [-0.25, -0.2) is 4.99 Å². The maximum atomic E-state index is 12.3. The molecule has 0 aromatic heterocycles. The van der Waals surface area contributed by atoms with Gasteiger partial charge in [-0.15, -0.1) is 0 Å². The molecular weight excluding hydrogens is 404 g/mol. The zero-order valence-electron chi connectivity index (χ0n) is 18.5. The van der Waals surface area contributed by atoms with E-state index in [1.165, 1.54) is 0 Å². The van der Waals surface area contributed by atoms with Crippen molar-refractivity contribution in [2.24, 2.45) is 4.99 Å². The van der Waals surface area contributed by atoms with Crippen molar-refractivity contribution in [1.29, 1.82) is 0 Å². The first-order valence-corrected chi connectivity index (χ1v) is 11.3. The number of carbonyl (C=O) groups is 2. The van der Waals surface area contributed by atoms with Crippen LogP contribution in [0.2, 0.25) is 0 Å². The van der Waals surface area contributed by atoms with Crippen LogP contribution in [0.15, 0.2) is 53.5 Å². The van der Waals surface area contributed by atoms with Crippen molar-refractivity contribution in [3.63, 3.8) is 0 Å². The topological polar surface area (TPSA) is 74.2 Å². The van der Waals surface area contributed by atoms with Crippen LogP contribution in [-0.4, -0.2) is 47.8 Å². The van der Waals surface area contributed by atoms with Gasteiger partial charge in [-0.3, -0.25) is 14.9 Å². The normalized spacial score (nSPS) is 14.3. The van der Waals surface area contributed by atoms with Crippen LogP contribution in [0.5, 0.6) is 5.75 Å². The van der Waals surface area contributed by atoms with Gasteiger partial charge in [-0.2, -0.15) is 0 Å². The molecule has 32 heavy (non-hydrogen) atoms. The average molecular weight is 435 g/mol. The predicted molar refractivity (Wildman–Crippen MR) is 124 cm³/mol. The number of benzene rings is 2. The number of amides is 2. The molecule has 1 N–H and O–H groups in total. The zero-order chi connectivity index (χ0) is 22.3. The van der Waals surface area contributed by atoms with E-state index in [2.05, 4.69) is 10.3 Å². The van der Waals surface area contributed by atoms with Gasteiger partial charge in [0.15, 0.2) is 0 Å². The van der Waals surface area contributed by atoms with Crippen molar-refractivity contribution in [3.8, 4) is 5.75 Å². The Hall–Kier alpha value is -3.35. The molecule has 2 aromatic rings. The van der Waals surface area contributed by atoms with E-state index >= 15 is 0 Å². The third-order valence-electron chi connectivity index (χ3n) is 5.78. The standard InChI is InChI=1S/C25H30N4O3/c1-28(16-19-10-5-4-6-11-19)23(31)14-7-2-3-8-15-32-21-13-9-12-20-17-29-18-22(30)26-25(29)27-24(20)21/h4-6,9-13H,2-3,7-8,14-18H2,1H3,(H,26,27,30). The van der Waals surface area contributed by atoms with Crippen LogP contribution in [0.4, 0.5) is 5.69 Å². The maximum Gasteiger partial charge on any atom is 0.246 e. The number of hydrogen-bond donors (Lipinski definition) is 1. The Labute approximate surface area is 189 Å². The first-order chi connectivity index (χ1) is 15.6. The van der Waals surface area contributed by atoms with Crippen LogP contribution in [-0.2, 0) is 22.7 Å². The maximum absolute atomic E-state index is 12.3. The van der Waals surface area contributed by atoms with Crippen molar-refractivity contribution >= 4 is 23.5 Å². The van der Waals surface area contributed by atoms with Crippen molar-refractivity contribution in [3.05, 3.63) is 59.7 Å². The fraction of sp³-hybridized carbons (Fsp3) is 0.400. The predicted octanol–water partition coefficient (Wildman–Crippen LogP) is 3.61. The first-order valence-electron chi connectivity index (χ1n) is 11.3. The van der Waals surface area contributed by atoms with E-state index in [-0.39, 0.29) is 11.8 Å². The number of guanidine groups is 1. The van der Waals surface area contributed by atoms with Gasteiger partial charge in [-0.05, 0) is 24.5 Å². The summed E-state index contributed by atoms with van der Waals surface area (Å²) in [5, 5.41) is 2.80. The Kier molecular flexibility index (Phi) is 7.04. The first kappa shape index (κ1) is 21.9. The van der Waals surface area contributed by atoms with E-state index in [4.69, 9.17) is 4.74 Å². The van der Waals surface area contributed by atoms with Gasteiger partial charge in [0, 0.05) is 32.1 Å². The lowest BCUT2D eigenvalue weighted by Crippen LogP contribution is -2.32. The molecule has 0 saturated carbocycles. The second-order valence-corrected chi connectivity index (χ2v) is 8.35. The Morgan fingerprint density at radius 1 is 1.06 bits per heavy atom. The van der Waals surface area contributed by atoms with Gasteiger partial charge in [0.05, 0.1) is 6.61 Å². The highest BCUT2D eigenvalue weighted by Gasteiger charge is 2.30. The fourth-order valence-corrected chi connectivity index (χ4v) is 4.02. The highest BCUT2D eigenvalue weighted by Crippen LogP contribution is 2.36. The molecule has 2 heterocycles. The summed E-state index contributed by atoms with van der Waals surface area (Å²) >= 11 is 0. The zero-order valence-corrected chi connectivity index (χ0v) is 18.5. The summed E-state index contributed by atoms with van der Waals surface area (Å²) in [6, 6.07) is 16.0. The summed E-state index contributed by atoms with van der Waals surface area (Å²) < 4.78 is 6.00. The number of para-hydroxylation sites is 1. The Bertz CT molecular complexity index is 990. The Balaban J connectivity index is 1.15. The molecule has 4 rings (SSSR count). The molecule has 2 aliphatic rings. The minimum atomic E-state index is -0.0243. The van der Waals surface area contributed by atoms with Crippen molar-refractivity contribution in [2.75, 3.05) is 20.2 Å². The quantitative estimate of drug-likeness (QED) is 0.580. The van der Waals surface area contributed by atoms with E-state index in [1.54, 1.807) is 4.90 Å². The van der Waals surface area contributed by atoms with Gasteiger partial charge >= 0.3 is 0 Å². The highest BCUT2D eigenvalue weighted by atomic mass is 16.5. The molecule has 0 aliphatic carbocycles. The lowest BCUT2D eigenvalue weighted by atomic mass is 10.1. The van der Waals surface area contributed by atoms with E-state index < -0.39 is 0 Å². The minimum Gasteiger partial charge on any atom is -0.491 e. The Morgan fingerprint density at radius 3 is 2.72 bits per heavy atom. The number of nitrogens with zero attached hydrogens (tertiary/aromatic N) is 3.